The molecule has 0 saturated heterocycles. The molecule has 6 nitrogen and oxygen atoms in total. The summed E-state index contributed by atoms with van der Waals surface area (Å²) in [5, 5.41) is 5.39. The number of anilines is 2. The van der Waals surface area contributed by atoms with E-state index < -0.39 is 35.3 Å². The number of nitrogens with zero attached hydrogens (tertiary/aromatic N) is 1. The van der Waals surface area contributed by atoms with E-state index in [1.807, 2.05) is 0 Å². The third kappa shape index (κ3) is 3.67. The maximum absolute atomic E-state index is 13.5. The standard InChI is InChI=1S/C15H15F2N3O3S/c1-7-11(14(18-3)24-20-7)15(22)23-8(2)13(21)19-12-9(16)5-4-6-10(12)17/h4-6,8,18H,1-3H3,(H,19,21)/t8-/m1/s1. The highest BCUT2D eigenvalue weighted by Gasteiger charge is 2.25. The summed E-state index contributed by atoms with van der Waals surface area (Å²) >= 11 is 1.08. The fourth-order valence-corrected chi connectivity index (χ4v) is 2.63. The Labute approximate surface area is 141 Å². The molecule has 0 aliphatic carbocycles. The van der Waals surface area contributed by atoms with Crippen molar-refractivity contribution in [2.24, 2.45) is 0 Å². The number of hydrogen-bond donors (Lipinski definition) is 2. The molecule has 24 heavy (non-hydrogen) atoms. The molecule has 1 aromatic carbocycles. The molecule has 0 radical (unpaired) electrons. The van der Waals surface area contributed by atoms with Gasteiger partial charge in [0, 0.05) is 7.05 Å². The van der Waals surface area contributed by atoms with Crippen molar-refractivity contribution in [3.63, 3.8) is 0 Å². The van der Waals surface area contributed by atoms with Gasteiger partial charge in [-0.1, -0.05) is 6.07 Å². The molecular weight excluding hydrogens is 340 g/mol. The second kappa shape index (κ2) is 7.35. The normalized spacial score (nSPS) is 11.7. The van der Waals surface area contributed by atoms with E-state index in [9.17, 15) is 18.4 Å². The lowest BCUT2D eigenvalue weighted by Gasteiger charge is -2.14. The van der Waals surface area contributed by atoms with E-state index in [1.54, 1.807) is 14.0 Å². The van der Waals surface area contributed by atoms with Crippen LogP contribution in [0.4, 0.5) is 19.5 Å². The highest BCUT2D eigenvalue weighted by Crippen LogP contribution is 2.25. The van der Waals surface area contributed by atoms with Crippen molar-refractivity contribution in [1.29, 1.82) is 0 Å². The summed E-state index contributed by atoms with van der Waals surface area (Å²) in [4.78, 5) is 24.2. The first-order chi connectivity index (χ1) is 11.3. The maximum Gasteiger partial charge on any atom is 0.343 e. The molecule has 1 amide bonds. The van der Waals surface area contributed by atoms with E-state index in [2.05, 4.69) is 15.0 Å². The van der Waals surface area contributed by atoms with Gasteiger partial charge >= 0.3 is 5.97 Å². The third-order valence-electron chi connectivity index (χ3n) is 3.16. The number of carbonyl (C=O) groups excluding carboxylic acids is 2. The van der Waals surface area contributed by atoms with Gasteiger partial charge in [0.2, 0.25) is 0 Å². The Morgan fingerprint density at radius 3 is 2.50 bits per heavy atom. The second-order valence-electron chi connectivity index (χ2n) is 4.86. The average Bonchev–Trinajstić information content (AvgIpc) is 2.91. The molecule has 128 valence electrons. The van der Waals surface area contributed by atoms with Crippen molar-refractivity contribution in [2.75, 3.05) is 17.7 Å². The molecule has 2 N–H and O–H groups in total. The van der Waals surface area contributed by atoms with Gasteiger partial charge in [0.25, 0.3) is 5.91 Å². The summed E-state index contributed by atoms with van der Waals surface area (Å²) in [7, 11) is 1.63. The summed E-state index contributed by atoms with van der Waals surface area (Å²) in [5.74, 6) is -3.43. The number of ether oxygens (including phenoxy) is 1. The SMILES string of the molecule is CNc1snc(C)c1C(=O)O[C@H](C)C(=O)Nc1c(F)cccc1F. The molecule has 9 heteroatoms. The van der Waals surface area contributed by atoms with Crippen LogP contribution >= 0.6 is 11.5 Å². The molecule has 0 aliphatic rings. The lowest BCUT2D eigenvalue weighted by atomic mass is 10.2. The van der Waals surface area contributed by atoms with Gasteiger partial charge in [-0.05, 0) is 37.5 Å². The lowest BCUT2D eigenvalue weighted by molar-refractivity contribution is -0.123. The zero-order valence-corrected chi connectivity index (χ0v) is 14.0. The predicted octanol–water partition coefficient (Wildman–Crippen LogP) is 2.96. The van der Waals surface area contributed by atoms with E-state index in [1.165, 1.54) is 13.0 Å². The van der Waals surface area contributed by atoms with Crippen LogP contribution < -0.4 is 10.6 Å². The Kier molecular flexibility index (Phi) is 5.45. The van der Waals surface area contributed by atoms with Gasteiger partial charge < -0.3 is 15.4 Å². The fourth-order valence-electron chi connectivity index (χ4n) is 1.90. The molecule has 1 atom stereocenters. The van der Waals surface area contributed by atoms with Crippen LogP contribution in [-0.2, 0) is 9.53 Å². The smallest absolute Gasteiger partial charge is 0.343 e. The minimum absolute atomic E-state index is 0.222. The minimum Gasteiger partial charge on any atom is -0.449 e. The Balaban J connectivity index is 2.09. The maximum atomic E-state index is 13.5. The molecule has 0 bridgehead atoms. The number of aryl methyl sites for hydroxylation is 1. The van der Waals surface area contributed by atoms with Crippen LogP contribution in [0.1, 0.15) is 23.0 Å². The van der Waals surface area contributed by atoms with Gasteiger partial charge in [-0.25, -0.2) is 13.6 Å². The van der Waals surface area contributed by atoms with Crippen molar-refractivity contribution in [1.82, 2.24) is 4.37 Å². The van der Waals surface area contributed by atoms with Crippen molar-refractivity contribution in [3.05, 3.63) is 41.1 Å². The number of esters is 1. The highest BCUT2D eigenvalue weighted by atomic mass is 32.1. The number of aromatic nitrogens is 1. The largest absolute Gasteiger partial charge is 0.449 e. The lowest BCUT2D eigenvalue weighted by Crippen LogP contribution is -2.30. The van der Waals surface area contributed by atoms with Crippen LogP contribution in [-0.4, -0.2) is 29.4 Å². The minimum atomic E-state index is -1.25. The van der Waals surface area contributed by atoms with Gasteiger partial charge in [0.05, 0.1) is 5.69 Å². The zero-order chi connectivity index (χ0) is 17.9. The van der Waals surface area contributed by atoms with Gasteiger partial charge in [0.1, 0.15) is 27.9 Å². The van der Waals surface area contributed by atoms with Crippen LogP contribution in [0.2, 0.25) is 0 Å². The molecule has 0 unspecified atom stereocenters. The number of amides is 1. The number of rotatable bonds is 5. The van der Waals surface area contributed by atoms with Crippen LogP contribution in [0.5, 0.6) is 0 Å². The van der Waals surface area contributed by atoms with E-state index in [0.717, 1.165) is 23.7 Å². The van der Waals surface area contributed by atoms with Gasteiger partial charge in [-0.3, -0.25) is 4.79 Å². The monoisotopic (exact) mass is 355 g/mol. The van der Waals surface area contributed by atoms with Crippen molar-refractivity contribution < 1.29 is 23.1 Å². The molecule has 2 aromatic rings. The van der Waals surface area contributed by atoms with Crippen molar-refractivity contribution in [2.45, 2.75) is 20.0 Å². The topological polar surface area (TPSA) is 80.3 Å². The first-order valence-corrected chi connectivity index (χ1v) is 7.72. The van der Waals surface area contributed by atoms with Gasteiger partial charge in [0.15, 0.2) is 6.10 Å². The molecule has 1 heterocycles. The van der Waals surface area contributed by atoms with E-state index >= 15 is 0 Å². The number of benzene rings is 1. The van der Waals surface area contributed by atoms with E-state index in [0.29, 0.717) is 10.7 Å². The summed E-state index contributed by atoms with van der Waals surface area (Å²) in [6.07, 6.45) is -1.25. The summed E-state index contributed by atoms with van der Waals surface area (Å²) in [6.45, 7) is 2.94. The van der Waals surface area contributed by atoms with Crippen LogP contribution in [0.3, 0.4) is 0 Å². The molecule has 0 saturated carbocycles. The summed E-state index contributed by atoms with van der Waals surface area (Å²) < 4.78 is 36.2. The number of para-hydroxylation sites is 1. The number of carbonyl (C=O) groups is 2. The quantitative estimate of drug-likeness (QED) is 0.806. The van der Waals surface area contributed by atoms with Gasteiger partial charge in [-0.15, -0.1) is 0 Å². The second-order valence-corrected chi connectivity index (χ2v) is 5.63. The first-order valence-electron chi connectivity index (χ1n) is 6.95. The van der Waals surface area contributed by atoms with E-state index in [-0.39, 0.29) is 5.56 Å². The highest BCUT2D eigenvalue weighted by molar-refractivity contribution is 7.10. The number of nitrogens with one attached hydrogen (secondary N) is 2. The van der Waals surface area contributed by atoms with E-state index in [4.69, 9.17) is 4.74 Å². The Bertz CT molecular complexity index is 759. The number of hydrogen-bond acceptors (Lipinski definition) is 6. The number of halogens is 2. The van der Waals surface area contributed by atoms with Gasteiger partial charge in [-0.2, -0.15) is 4.37 Å². The zero-order valence-electron chi connectivity index (χ0n) is 13.1. The van der Waals surface area contributed by atoms with Crippen LogP contribution in [0.15, 0.2) is 18.2 Å². The van der Waals surface area contributed by atoms with Crippen molar-refractivity contribution >= 4 is 34.1 Å². The summed E-state index contributed by atoms with van der Waals surface area (Å²) in [6, 6.07) is 3.19. The Morgan fingerprint density at radius 2 is 1.92 bits per heavy atom. The molecule has 0 fully saturated rings. The van der Waals surface area contributed by atoms with Crippen LogP contribution in [0, 0.1) is 18.6 Å². The summed E-state index contributed by atoms with van der Waals surface area (Å²) in [5.41, 5.74) is 0.0935. The predicted molar refractivity (Wildman–Crippen MR) is 86.3 cm³/mol. The molecule has 2 rings (SSSR count). The Morgan fingerprint density at radius 1 is 1.29 bits per heavy atom. The third-order valence-corrected chi connectivity index (χ3v) is 4.11. The van der Waals surface area contributed by atoms with Crippen molar-refractivity contribution in [3.8, 4) is 0 Å². The molecule has 0 aliphatic heterocycles. The average molecular weight is 355 g/mol. The molecule has 0 spiro atoms. The molecular formula is C15H15F2N3O3S. The van der Waals surface area contributed by atoms with Crippen LogP contribution in [0.25, 0.3) is 0 Å². The molecule has 1 aromatic heterocycles. The first kappa shape index (κ1) is 17.8. The fraction of sp³-hybridized carbons (Fsp3) is 0.267. The Hall–Kier alpha value is -2.55.